The quantitative estimate of drug-likeness (QED) is 0.897. The molecule has 1 aromatic rings. The Balaban J connectivity index is 1.67. The van der Waals surface area contributed by atoms with Gasteiger partial charge in [0.25, 0.3) is 0 Å². The van der Waals surface area contributed by atoms with Crippen molar-refractivity contribution in [3.8, 4) is 0 Å². The van der Waals surface area contributed by atoms with E-state index in [2.05, 4.69) is 14.8 Å². The van der Waals surface area contributed by atoms with Crippen LogP contribution in [0.1, 0.15) is 31.2 Å². The molecule has 0 saturated carbocycles. The van der Waals surface area contributed by atoms with Gasteiger partial charge in [0, 0.05) is 31.9 Å². The zero-order valence-corrected chi connectivity index (χ0v) is 11.6. The maximum atomic E-state index is 5.83. The van der Waals surface area contributed by atoms with E-state index in [1.165, 1.54) is 50.0 Å². The van der Waals surface area contributed by atoms with Gasteiger partial charge in [-0.3, -0.25) is 9.88 Å². The van der Waals surface area contributed by atoms with Crippen LogP contribution in [-0.2, 0) is 6.54 Å². The van der Waals surface area contributed by atoms with Crippen molar-refractivity contribution in [1.29, 1.82) is 0 Å². The third kappa shape index (κ3) is 2.74. The highest BCUT2D eigenvalue weighted by atomic mass is 15.3. The molecular formula is C15H24N4. The highest BCUT2D eigenvalue weighted by Gasteiger charge is 2.29. The van der Waals surface area contributed by atoms with E-state index in [1.807, 2.05) is 18.5 Å². The first-order valence-corrected chi connectivity index (χ1v) is 7.50. The lowest BCUT2D eigenvalue weighted by atomic mass is 10.1. The maximum Gasteiger partial charge on any atom is 0.0598 e. The molecule has 0 aliphatic carbocycles. The Kier molecular flexibility index (Phi) is 3.99. The normalized spacial score (nSPS) is 24.9. The number of nitrogens with zero attached hydrogens (tertiary/aromatic N) is 3. The van der Waals surface area contributed by atoms with Crippen LogP contribution in [0.15, 0.2) is 18.5 Å². The van der Waals surface area contributed by atoms with Gasteiger partial charge in [-0.2, -0.15) is 0 Å². The summed E-state index contributed by atoms with van der Waals surface area (Å²) in [6.45, 7) is 5.45. The average molecular weight is 260 g/mol. The van der Waals surface area contributed by atoms with Crippen LogP contribution in [0.25, 0.3) is 0 Å². The summed E-state index contributed by atoms with van der Waals surface area (Å²) in [6, 6.07) is 2.77. The molecule has 104 valence electrons. The molecular weight excluding hydrogens is 236 g/mol. The van der Waals surface area contributed by atoms with Crippen molar-refractivity contribution in [2.75, 3.05) is 31.1 Å². The van der Waals surface area contributed by atoms with Crippen molar-refractivity contribution < 1.29 is 0 Å². The Hall–Kier alpha value is -1.13. The molecule has 1 atom stereocenters. The number of hydrogen-bond donors (Lipinski definition) is 1. The Morgan fingerprint density at radius 2 is 2.05 bits per heavy atom. The monoisotopic (exact) mass is 260 g/mol. The first kappa shape index (κ1) is 12.9. The standard InChI is InChI=1S/C15H24N4/c16-10-13-4-6-17-11-15(13)19-9-5-14(12-19)18-7-2-1-3-8-18/h4,6,11,14H,1-3,5,7-10,12,16H2. The van der Waals surface area contributed by atoms with Crippen LogP contribution in [0.5, 0.6) is 0 Å². The van der Waals surface area contributed by atoms with Crippen LogP contribution in [0.2, 0.25) is 0 Å². The Labute approximate surface area is 115 Å². The van der Waals surface area contributed by atoms with Crippen LogP contribution >= 0.6 is 0 Å². The molecule has 0 amide bonds. The summed E-state index contributed by atoms with van der Waals surface area (Å²) in [5.74, 6) is 0. The van der Waals surface area contributed by atoms with E-state index in [0.29, 0.717) is 6.54 Å². The van der Waals surface area contributed by atoms with E-state index in [9.17, 15) is 0 Å². The van der Waals surface area contributed by atoms with E-state index in [0.717, 1.165) is 19.1 Å². The molecule has 1 aromatic heterocycles. The van der Waals surface area contributed by atoms with Crippen LogP contribution in [0, 0.1) is 0 Å². The molecule has 2 aliphatic rings. The minimum Gasteiger partial charge on any atom is -0.368 e. The summed E-state index contributed by atoms with van der Waals surface area (Å²) < 4.78 is 0. The predicted octanol–water partition coefficient (Wildman–Crippen LogP) is 1.60. The number of hydrogen-bond acceptors (Lipinski definition) is 4. The van der Waals surface area contributed by atoms with Crippen LogP contribution < -0.4 is 10.6 Å². The number of pyridine rings is 1. The molecule has 2 saturated heterocycles. The molecule has 3 rings (SSSR count). The second kappa shape index (κ2) is 5.88. The second-order valence-corrected chi connectivity index (χ2v) is 5.69. The second-order valence-electron chi connectivity index (χ2n) is 5.69. The van der Waals surface area contributed by atoms with Gasteiger partial charge in [-0.1, -0.05) is 6.42 Å². The van der Waals surface area contributed by atoms with E-state index in [4.69, 9.17) is 5.73 Å². The highest BCUT2D eigenvalue weighted by Crippen LogP contribution is 2.26. The number of piperidine rings is 1. The fourth-order valence-corrected chi connectivity index (χ4v) is 3.41. The topological polar surface area (TPSA) is 45.4 Å². The van der Waals surface area contributed by atoms with Gasteiger partial charge in [-0.25, -0.2) is 0 Å². The summed E-state index contributed by atoms with van der Waals surface area (Å²) >= 11 is 0. The molecule has 2 fully saturated rings. The molecule has 1 unspecified atom stereocenters. The van der Waals surface area contributed by atoms with Gasteiger partial charge in [0.05, 0.1) is 11.9 Å². The summed E-state index contributed by atoms with van der Waals surface area (Å²) in [5.41, 5.74) is 8.29. The Bertz CT molecular complexity index is 414. The van der Waals surface area contributed by atoms with Crippen molar-refractivity contribution in [3.63, 3.8) is 0 Å². The van der Waals surface area contributed by atoms with Crippen molar-refractivity contribution in [3.05, 3.63) is 24.0 Å². The van der Waals surface area contributed by atoms with Gasteiger partial charge in [0.2, 0.25) is 0 Å². The smallest absolute Gasteiger partial charge is 0.0598 e. The molecule has 2 aliphatic heterocycles. The zero-order chi connectivity index (χ0) is 13.1. The van der Waals surface area contributed by atoms with Crippen LogP contribution in [-0.4, -0.2) is 42.1 Å². The van der Waals surface area contributed by atoms with Gasteiger partial charge in [-0.15, -0.1) is 0 Å². The summed E-state index contributed by atoms with van der Waals surface area (Å²) in [6.07, 6.45) is 9.24. The largest absolute Gasteiger partial charge is 0.368 e. The predicted molar refractivity (Wildman–Crippen MR) is 78.2 cm³/mol. The number of rotatable bonds is 3. The molecule has 0 aromatic carbocycles. The number of nitrogens with two attached hydrogens (primary N) is 1. The van der Waals surface area contributed by atoms with E-state index in [-0.39, 0.29) is 0 Å². The lowest BCUT2D eigenvalue weighted by molar-refractivity contribution is 0.175. The zero-order valence-electron chi connectivity index (χ0n) is 11.6. The molecule has 0 spiro atoms. The molecule has 2 N–H and O–H groups in total. The first-order chi connectivity index (χ1) is 9.38. The van der Waals surface area contributed by atoms with Crippen LogP contribution in [0.4, 0.5) is 5.69 Å². The Morgan fingerprint density at radius 1 is 1.21 bits per heavy atom. The van der Waals surface area contributed by atoms with Crippen molar-refractivity contribution in [2.45, 2.75) is 38.3 Å². The molecule has 4 heteroatoms. The molecule has 3 heterocycles. The van der Waals surface area contributed by atoms with E-state index < -0.39 is 0 Å². The lowest BCUT2D eigenvalue weighted by Crippen LogP contribution is -2.41. The minimum absolute atomic E-state index is 0.600. The van der Waals surface area contributed by atoms with Crippen LogP contribution in [0.3, 0.4) is 0 Å². The fraction of sp³-hybridized carbons (Fsp3) is 0.667. The molecule has 0 bridgehead atoms. The summed E-state index contributed by atoms with van der Waals surface area (Å²) in [4.78, 5) is 9.41. The number of anilines is 1. The summed E-state index contributed by atoms with van der Waals surface area (Å²) in [5, 5.41) is 0. The number of aromatic nitrogens is 1. The maximum absolute atomic E-state index is 5.83. The highest BCUT2D eigenvalue weighted by molar-refractivity contribution is 5.52. The first-order valence-electron chi connectivity index (χ1n) is 7.50. The summed E-state index contributed by atoms with van der Waals surface area (Å²) in [7, 11) is 0. The third-order valence-electron chi connectivity index (χ3n) is 4.52. The Morgan fingerprint density at radius 3 is 2.84 bits per heavy atom. The molecule has 0 radical (unpaired) electrons. The van der Waals surface area contributed by atoms with Crippen molar-refractivity contribution >= 4 is 5.69 Å². The van der Waals surface area contributed by atoms with Crippen molar-refractivity contribution in [1.82, 2.24) is 9.88 Å². The minimum atomic E-state index is 0.600. The molecule has 19 heavy (non-hydrogen) atoms. The molecule has 4 nitrogen and oxygen atoms in total. The van der Waals surface area contributed by atoms with Gasteiger partial charge >= 0.3 is 0 Å². The van der Waals surface area contributed by atoms with Gasteiger partial charge < -0.3 is 10.6 Å². The third-order valence-corrected chi connectivity index (χ3v) is 4.52. The van der Waals surface area contributed by atoms with Gasteiger partial charge in [-0.05, 0) is 44.0 Å². The van der Waals surface area contributed by atoms with Gasteiger partial charge in [0.15, 0.2) is 0 Å². The lowest BCUT2D eigenvalue weighted by Gasteiger charge is -2.32. The SMILES string of the molecule is NCc1ccncc1N1CCC(N2CCCCC2)C1. The fourth-order valence-electron chi connectivity index (χ4n) is 3.41. The van der Waals surface area contributed by atoms with E-state index >= 15 is 0 Å². The van der Waals surface area contributed by atoms with E-state index in [1.54, 1.807) is 0 Å². The van der Waals surface area contributed by atoms with Gasteiger partial charge in [0.1, 0.15) is 0 Å². The average Bonchev–Trinajstić information content (AvgIpc) is 2.98. The number of likely N-dealkylation sites (tertiary alicyclic amines) is 1. The van der Waals surface area contributed by atoms with Crippen molar-refractivity contribution in [2.24, 2.45) is 5.73 Å².